The van der Waals surface area contributed by atoms with Crippen LogP contribution in [0.4, 0.5) is 0 Å². The van der Waals surface area contributed by atoms with Crippen molar-refractivity contribution in [2.75, 3.05) is 7.11 Å². The monoisotopic (exact) mass is 223 g/mol. The van der Waals surface area contributed by atoms with Crippen molar-refractivity contribution in [1.82, 2.24) is 0 Å². The van der Waals surface area contributed by atoms with Crippen molar-refractivity contribution < 1.29 is 9.84 Å². The molecule has 0 spiro atoms. The quantitative estimate of drug-likeness (QED) is 0.807. The molecule has 0 aliphatic heterocycles. The molecule has 0 bridgehead atoms. The zero-order valence-corrected chi connectivity index (χ0v) is 10.2. The lowest BCUT2D eigenvalue weighted by Crippen LogP contribution is -2.11. The molecule has 16 heavy (non-hydrogen) atoms. The molecule has 0 aliphatic rings. The van der Waals surface area contributed by atoms with Crippen LogP contribution in [0.1, 0.15) is 38.3 Å². The van der Waals surface area contributed by atoms with Gasteiger partial charge in [0.1, 0.15) is 0 Å². The van der Waals surface area contributed by atoms with Crippen LogP contribution in [0.15, 0.2) is 18.2 Å². The Labute approximate surface area is 97.2 Å². The molecule has 0 aromatic heterocycles. The summed E-state index contributed by atoms with van der Waals surface area (Å²) >= 11 is 0. The first-order chi connectivity index (χ1) is 7.54. The molecule has 0 unspecified atom stereocenters. The van der Waals surface area contributed by atoms with Crippen molar-refractivity contribution in [3.8, 4) is 11.5 Å². The zero-order valence-electron chi connectivity index (χ0n) is 10.2. The molecule has 1 aromatic rings. The average molecular weight is 223 g/mol. The third-order valence-corrected chi connectivity index (χ3v) is 2.69. The highest BCUT2D eigenvalue weighted by Crippen LogP contribution is 2.29. The Morgan fingerprint density at radius 2 is 2.00 bits per heavy atom. The Hall–Kier alpha value is -1.22. The number of hydrogen-bond acceptors (Lipinski definition) is 3. The van der Waals surface area contributed by atoms with Gasteiger partial charge >= 0.3 is 0 Å². The van der Waals surface area contributed by atoms with Crippen molar-refractivity contribution >= 4 is 0 Å². The Balaban J connectivity index is 2.69. The molecule has 0 saturated heterocycles. The van der Waals surface area contributed by atoms with Crippen molar-refractivity contribution in [2.24, 2.45) is 11.7 Å². The lowest BCUT2D eigenvalue weighted by Gasteiger charge is -2.14. The highest BCUT2D eigenvalue weighted by Gasteiger charge is 2.10. The van der Waals surface area contributed by atoms with E-state index in [1.165, 1.54) is 7.11 Å². The molecule has 3 N–H and O–H groups in total. The lowest BCUT2D eigenvalue weighted by molar-refractivity contribution is 0.372. The van der Waals surface area contributed by atoms with Crippen molar-refractivity contribution in [1.29, 1.82) is 0 Å². The normalized spacial score (nSPS) is 12.8. The summed E-state index contributed by atoms with van der Waals surface area (Å²) in [5.41, 5.74) is 7.01. The minimum Gasteiger partial charge on any atom is -0.504 e. The van der Waals surface area contributed by atoms with E-state index in [1.54, 1.807) is 12.1 Å². The van der Waals surface area contributed by atoms with Crippen LogP contribution in [0.3, 0.4) is 0 Å². The largest absolute Gasteiger partial charge is 0.504 e. The Bertz CT molecular complexity index is 337. The van der Waals surface area contributed by atoms with Crippen LogP contribution in [0.5, 0.6) is 11.5 Å². The second kappa shape index (κ2) is 5.75. The van der Waals surface area contributed by atoms with Gasteiger partial charge in [0.15, 0.2) is 11.5 Å². The van der Waals surface area contributed by atoms with Crippen LogP contribution < -0.4 is 10.5 Å². The molecule has 1 rings (SSSR count). The molecule has 0 heterocycles. The van der Waals surface area contributed by atoms with Gasteiger partial charge in [0.2, 0.25) is 0 Å². The van der Waals surface area contributed by atoms with Gasteiger partial charge in [-0.15, -0.1) is 0 Å². The summed E-state index contributed by atoms with van der Waals surface area (Å²) in [6, 6.07) is 5.33. The average Bonchev–Trinajstić information content (AvgIpc) is 2.25. The van der Waals surface area contributed by atoms with Gasteiger partial charge in [-0.1, -0.05) is 19.9 Å². The van der Waals surface area contributed by atoms with E-state index in [0.717, 1.165) is 18.4 Å². The first-order valence-corrected chi connectivity index (χ1v) is 5.67. The topological polar surface area (TPSA) is 55.5 Å². The standard InChI is InChI=1S/C13H21NO2/c1-9(2)4-6-11(14)10-5-7-13(16-3)12(15)8-10/h5,7-9,11,15H,4,6,14H2,1-3H3/t11-/m1/s1. The molecule has 0 fully saturated rings. The third-order valence-electron chi connectivity index (χ3n) is 2.69. The Kier molecular flexibility index (Phi) is 4.62. The summed E-state index contributed by atoms with van der Waals surface area (Å²) in [7, 11) is 1.54. The lowest BCUT2D eigenvalue weighted by atomic mass is 9.98. The number of rotatable bonds is 5. The third kappa shape index (κ3) is 3.42. The van der Waals surface area contributed by atoms with E-state index in [0.29, 0.717) is 11.7 Å². The van der Waals surface area contributed by atoms with Gasteiger partial charge in [0.05, 0.1) is 7.11 Å². The fraction of sp³-hybridized carbons (Fsp3) is 0.538. The maximum Gasteiger partial charge on any atom is 0.160 e. The molecule has 0 saturated carbocycles. The second-order valence-corrected chi connectivity index (χ2v) is 4.51. The van der Waals surface area contributed by atoms with Gasteiger partial charge < -0.3 is 15.6 Å². The fourth-order valence-corrected chi connectivity index (χ4v) is 1.62. The smallest absolute Gasteiger partial charge is 0.160 e. The van der Waals surface area contributed by atoms with Gasteiger partial charge in [-0.25, -0.2) is 0 Å². The minimum atomic E-state index is -0.0146. The predicted molar refractivity (Wildman–Crippen MR) is 65.7 cm³/mol. The predicted octanol–water partition coefficient (Wildman–Crippen LogP) is 2.84. The summed E-state index contributed by atoms with van der Waals surface area (Å²) in [5, 5.41) is 9.64. The van der Waals surface area contributed by atoms with Gasteiger partial charge in [-0.05, 0) is 36.5 Å². The van der Waals surface area contributed by atoms with Crippen LogP contribution in [0.2, 0.25) is 0 Å². The highest BCUT2D eigenvalue weighted by atomic mass is 16.5. The van der Waals surface area contributed by atoms with Crippen molar-refractivity contribution in [3.63, 3.8) is 0 Å². The van der Waals surface area contributed by atoms with E-state index < -0.39 is 0 Å². The molecule has 3 nitrogen and oxygen atoms in total. The molecule has 90 valence electrons. The molecule has 0 aliphatic carbocycles. The molecule has 1 aromatic carbocycles. The second-order valence-electron chi connectivity index (χ2n) is 4.51. The minimum absolute atomic E-state index is 0.0146. The number of hydrogen-bond donors (Lipinski definition) is 2. The number of benzene rings is 1. The summed E-state index contributed by atoms with van der Waals surface area (Å²) in [4.78, 5) is 0. The number of phenols is 1. The van der Waals surface area contributed by atoms with Crippen LogP contribution in [-0.4, -0.2) is 12.2 Å². The summed E-state index contributed by atoms with van der Waals surface area (Å²) in [6.45, 7) is 4.36. The van der Waals surface area contributed by atoms with Crippen LogP contribution in [0, 0.1) is 5.92 Å². The number of phenolic OH excluding ortho intramolecular Hbond substituents is 1. The van der Waals surface area contributed by atoms with Crippen LogP contribution >= 0.6 is 0 Å². The summed E-state index contributed by atoms with van der Waals surface area (Å²) in [6.07, 6.45) is 2.03. The molecule has 0 amide bonds. The van der Waals surface area contributed by atoms with Crippen molar-refractivity contribution in [2.45, 2.75) is 32.7 Å². The van der Waals surface area contributed by atoms with Crippen LogP contribution in [0.25, 0.3) is 0 Å². The van der Waals surface area contributed by atoms with Crippen molar-refractivity contribution in [3.05, 3.63) is 23.8 Å². The molecule has 3 heteroatoms. The summed E-state index contributed by atoms with van der Waals surface area (Å²) < 4.78 is 4.99. The van der Waals surface area contributed by atoms with E-state index in [4.69, 9.17) is 10.5 Å². The Morgan fingerprint density at radius 3 is 2.50 bits per heavy atom. The Morgan fingerprint density at radius 1 is 1.31 bits per heavy atom. The number of aromatic hydroxyl groups is 1. The number of nitrogens with two attached hydrogens (primary N) is 1. The molecule has 1 atom stereocenters. The maximum atomic E-state index is 9.64. The zero-order chi connectivity index (χ0) is 12.1. The number of methoxy groups -OCH3 is 1. The van der Waals surface area contributed by atoms with E-state index in [9.17, 15) is 5.11 Å². The first-order valence-electron chi connectivity index (χ1n) is 5.67. The van der Waals surface area contributed by atoms with Gasteiger partial charge in [-0.2, -0.15) is 0 Å². The van der Waals surface area contributed by atoms with Gasteiger partial charge in [-0.3, -0.25) is 0 Å². The van der Waals surface area contributed by atoms with Crippen LogP contribution in [-0.2, 0) is 0 Å². The fourth-order valence-electron chi connectivity index (χ4n) is 1.62. The molecular weight excluding hydrogens is 202 g/mol. The van der Waals surface area contributed by atoms with E-state index in [2.05, 4.69) is 13.8 Å². The first kappa shape index (κ1) is 12.8. The molecule has 0 radical (unpaired) electrons. The molecular formula is C13H21NO2. The van der Waals surface area contributed by atoms with E-state index in [-0.39, 0.29) is 11.8 Å². The van der Waals surface area contributed by atoms with Gasteiger partial charge in [0, 0.05) is 6.04 Å². The number of ether oxygens (including phenoxy) is 1. The van der Waals surface area contributed by atoms with E-state index >= 15 is 0 Å². The highest BCUT2D eigenvalue weighted by molar-refractivity contribution is 5.42. The maximum absolute atomic E-state index is 9.64. The van der Waals surface area contributed by atoms with Gasteiger partial charge in [0.25, 0.3) is 0 Å². The SMILES string of the molecule is COc1ccc([C@H](N)CCC(C)C)cc1O. The summed E-state index contributed by atoms with van der Waals surface area (Å²) in [5.74, 6) is 1.29. The van der Waals surface area contributed by atoms with E-state index in [1.807, 2.05) is 6.07 Å².